The lowest BCUT2D eigenvalue weighted by atomic mass is 10.1. The molecular weight excluding hydrogens is 434 g/mol. The summed E-state index contributed by atoms with van der Waals surface area (Å²) in [6.45, 7) is 2.44. The van der Waals surface area contributed by atoms with Crippen LogP contribution in [0, 0.1) is 0 Å². The number of benzene rings is 3. The Labute approximate surface area is 210 Å². The standard InChI is InChI=1S/C31H39NO3/c33-31(34)19-11-13-25-32(24-12-3-1-2-6-14-27-15-7-4-8-16-27)29-20-22-30(23-21-29)35-26-28-17-9-5-10-18-28/h4-5,7-10,15-18,20-23H,1-3,6,11-14,19,24-26H2,(H,33,34). The second-order valence-electron chi connectivity index (χ2n) is 9.11. The Bertz CT molecular complexity index is 958. The lowest BCUT2D eigenvalue weighted by Crippen LogP contribution is -2.25. The van der Waals surface area contributed by atoms with Crippen LogP contribution in [0.2, 0.25) is 0 Å². The molecule has 3 aromatic carbocycles. The number of carboxylic acid groups (broad SMARTS) is 1. The Morgan fingerprint density at radius 3 is 1.89 bits per heavy atom. The van der Waals surface area contributed by atoms with E-state index < -0.39 is 5.97 Å². The molecule has 0 aromatic heterocycles. The van der Waals surface area contributed by atoms with Crippen LogP contribution < -0.4 is 9.64 Å². The normalized spacial score (nSPS) is 10.7. The third-order valence-electron chi connectivity index (χ3n) is 6.26. The van der Waals surface area contributed by atoms with Gasteiger partial charge < -0.3 is 14.7 Å². The summed E-state index contributed by atoms with van der Waals surface area (Å²) in [5, 5.41) is 8.95. The maximum atomic E-state index is 10.9. The molecule has 0 aliphatic heterocycles. The van der Waals surface area contributed by atoms with Crippen molar-refractivity contribution < 1.29 is 14.6 Å². The van der Waals surface area contributed by atoms with E-state index in [4.69, 9.17) is 9.84 Å². The molecular formula is C31H39NO3. The van der Waals surface area contributed by atoms with E-state index in [0.717, 1.165) is 43.7 Å². The number of hydrogen-bond donors (Lipinski definition) is 1. The Morgan fingerprint density at radius 2 is 1.23 bits per heavy atom. The van der Waals surface area contributed by atoms with Gasteiger partial charge in [-0.25, -0.2) is 0 Å². The second-order valence-corrected chi connectivity index (χ2v) is 9.11. The molecule has 0 aliphatic rings. The molecule has 3 rings (SSSR count). The van der Waals surface area contributed by atoms with Gasteiger partial charge in [0.05, 0.1) is 0 Å². The van der Waals surface area contributed by atoms with Crippen molar-refractivity contribution in [1.82, 2.24) is 0 Å². The molecule has 1 N–H and O–H groups in total. The minimum absolute atomic E-state index is 0.238. The first-order valence-corrected chi connectivity index (χ1v) is 13.0. The molecule has 0 saturated heterocycles. The third kappa shape index (κ3) is 10.7. The number of ether oxygens (including phenoxy) is 1. The molecule has 0 aliphatic carbocycles. The Hall–Kier alpha value is -3.27. The van der Waals surface area contributed by atoms with Crippen molar-refractivity contribution in [2.24, 2.45) is 0 Å². The zero-order valence-electron chi connectivity index (χ0n) is 20.8. The van der Waals surface area contributed by atoms with Gasteiger partial charge in [-0.2, -0.15) is 0 Å². The Morgan fingerprint density at radius 1 is 0.657 bits per heavy atom. The molecule has 0 atom stereocenters. The third-order valence-corrected chi connectivity index (χ3v) is 6.26. The highest BCUT2D eigenvalue weighted by molar-refractivity contribution is 5.66. The maximum Gasteiger partial charge on any atom is 0.303 e. The van der Waals surface area contributed by atoms with Gasteiger partial charge in [0, 0.05) is 25.2 Å². The van der Waals surface area contributed by atoms with Crippen molar-refractivity contribution in [2.75, 3.05) is 18.0 Å². The van der Waals surface area contributed by atoms with E-state index in [1.165, 1.54) is 36.9 Å². The summed E-state index contributed by atoms with van der Waals surface area (Å²) in [6, 6.07) is 29.2. The van der Waals surface area contributed by atoms with Gasteiger partial charge >= 0.3 is 5.97 Å². The highest BCUT2D eigenvalue weighted by Crippen LogP contribution is 2.22. The summed E-state index contributed by atoms with van der Waals surface area (Å²) < 4.78 is 5.94. The molecule has 35 heavy (non-hydrogen) atoms. The monoisotopic (exact) mass is 473 g/mol. The molecule has 0 bridgehead atoms. The number of hydrogen-bond acceptors (Lipinski definition) is 3. The number of carboxylic acids is 1. The van der Waals surface area contributed by atoms with Crippen molar-refractivity contribution >= 4 is 11.7 Å². The highest BCUT2D eigenvalue weighted by atomic mass is 16.5. The molecule has 0 amide bonds. The molecule has 0 unspecified atom stereocenters. The molecule has 4 nitrogen and oxygen atoms in total. The van der Waals surface area contributed by atoms with Gasteiger partial charge in [-0.15, -0.1) is 0 Å². The average Bonchev–Trinajstić information content (AvgIpc) is 2.89. The van der Waals surface area contributed by atoms with Crippen LogP contribution in [0.1, 0.15) is 62.5 Å². The molecule has 0 saturated carbocycles. The van der Waals surface area contributed by atoms with Crippen LogP contribution in [0.3, 0.4) is 0 Å². The van der Waals surface area contributed by atoms with Crippen molar-refractivity contribution in [3.63, 3.8) is 0 Å². The predicted octanol–water partition coefficient (Wildman–Crippen LogP) is 7.52. The predicted molar refractivity (Wildman–Crippen MR) is 144 cm³/mol. The summed E-state index contributed by atoms with van der Waals surface area (Å²) in [7, 11) is 0. The van der Waals surface area contributed by atoms with Crippen LogP contribution in [0.15, 0.2) is 84.9 Å². The van der Waals surface area contributed by atoms with E-state index in [1.807, 2.05) is 30.3 Å². The fourth-order valence-corrected chi connectivity index (χ4v) is 4.25. The molecule has 186 valence electrons. The summed E-state index contributed by atoms with van der Waals surface area (Å²) in [6.07, 6.45) is 9.13. The second kappa shape index (κ2) is 15.6. The molecule has 0 heterocycles. The zero-order valence-corrected chi connectivity index (χ0v) is 20.8. The summed E-state index contributed by atoms with van der Waals surface area (Å²) >= 11 is 0. The van der Waals surface area contributed by atoms with Crippen molar-refractivity contribution in [1.29, 1.82) is 0 Å². The van der Waals surface area contributed by atoms with Gasteiger partial charge in [-0.3, -0.25) is 4.79 Å². The smallest absolute Gasteiger partial charge is 0.303 e. The molecule has 0 spiro atoms. The fraction of sp³-hybridized carbons (Fsp3) is 0.387. The Kier molecular flexibility index (Phi) is 11.7. The highest BCUT2D eigenvalue weighted by Gasteiger charge is 2.08. The SMILES string of the molecule is O=C(O)CCCCN(CCCCCCCc1ccccc1)c1ccc(OCc2ccccc2)cc1. The number of carbonyl (C=O) groups is 1. The Balaban J connectivity index is 1.42. The van der Waals surface area contributed by atoms with E-state index >= 15 is 0 Å². The number of nitrogens with zero attached hydrogens (tertiary/aromatic N) is 1. The largest absolute Gasteiger partial charge is 0.489 e. The first kappa shape index (κ1) is 26.3. The minimum Gasteiger partial charge on any atom is -0.489 e. The fourth-order valence-electron chi connectivity index (χ4n) is 4.25. The van der Waals surface area contributed by atoms with Crippen LogP contribution in [-0.4, -0.2) is 24.2 Å². The molecule has 0 radical (unpaired) electrons. The average molecular weight is 474 g/mol. The van der Waals surface area contributed by atoms with Crippen LogP contribution in [0.25, 0.3) is 0 Å². The lowest BCUT2D eigenvalue weighted by Gasteiger charge is -2.25. The van der Waals surface area contributed by atoms with Gasteiger partial charge in [0.25, 0.3) is 0 Å². The van der Waals surface area contributed by atoms with E-state index in [2.05, 4.69) is 59.5 Å². The van der Waals surface area contributed by atoms with Gasteiger partial charge in [0.2, 0.25) is 0 Å². The van der Waals surface area contributed by atoms with Gasteiger partial charge in [-0.1, -0.05) is 79.9 Å². The minimum atomic E-state index is -0.716. The zero-order chi connectivity index (χ0) is 24.6. The van der Waals surface area contributed by atoms with Gasteiger partial charge in [0.15, 0.2) is 0 Å². The molecule has 3 aromatic rings. The van der Waals surface area contributed by atoms with Gasteiger partial charge in [0.1, 0.15) is 12.4 Å². The number of anilines is 1. The summed E-state index contributed by atoms with van der Waals surface area (Å²) in [4.78, 5) is 13.3. The van der Waals surface area contributed by atoms with Crippen LogP contribution in [0.5, 0.6) is 5.75 Å². The van der Waals surface area contributed by atoms with E-state index in [1.54, 1.807) is 0 Å². The quantitative estimate of drug-likeness (QED) is 0.206. The summed E-state index contributed by atoms with van der Waals surface area (Å²) in [5.41, 5.74) is 3.76. The van der Waals surface area contributed by atoms with Crippen molar-refractivity contribution in [3.8, 4) is 5.75 Å². The van der Waals surface area contributed by atoms with Gasteiger partial charge in [-0.05, 0) is 67.5 Å². The topological polar surface area (TPSA) is 49.8 Å². The van der Waals surface area contributed by atoms with Crippen molar-refractivity contribution in [3.05, 3.63) is 96.1 Å². The van der Waals surface area contributed by atoms with E-state index in [-0.39, 0.29) is 6.42 Å². The lowest BCUT2D eigenvalue weighted by molar-refractivity contribution is -0.137. The van der Waals surface area contributed by atoms with Crippen LogP contribution >= 0.6 is 0 Å². The molecule has 4 heteroatoms. The first-order valence-electron chi connectivity index (χ1n) is 13.0. The van der Waals surface area contributed by atoms with Crippen LogP contribution in [-0.2, 0) is 17.8 Å². The van der Waals surface area contributed by atoms with Crippen LogP contribution in [0.4, 0.5) is 5.69 Å². The molecule has 0 fully saturated rings. The number of unbranched alkanes of at least 4 members (excludes halogenated alkanes) is 5. The summed E-state index contributed by atoms with van der Waals surface area (Å²) in [5.74, 6) is 0.147. The number of aryl methyl sites for hydroxylation is 1. The number of rotatable bonds is 17. The van der Waals surface area contributed by atoms with E-state index in [9.17, 15) is 4.79 Å². The first-order chi connectivity index (χ1) is 17.2. The van der Waals surface area contributed by atoms with Crippen molar-refractivity contribution in [2.45, 2.75) is 64.4 Å². The maximum absolute atomic E-state index is 10.9. The number of aliphatic carboxylic acids is 1. The van der Waals surface area contributed by atoms with E-state index in [0.29, 0.717) is 13.0 Å².